The van der Waals surface area contributed by atoms with Gasteiger partial charge >= 0.3 is 0 Å². The smallest absolute Gasteiger partial charge is 0.251 e. The van der Waals surface area contributed by atoms with Gasteiger partial charge in [-0.25, -0.2) is 0 Å². The van der Waals surface area contributed by atoms with Crippen LogP contribution in [0.5, 0.6) is 0 Å². The molecule has 1 aromatic carbocycles. The van der Waals surface area contributed by atoms with E-state index in [2.05, 4.69) is 5.32 Å². The van der Waals surface area contributed by atoms with Crippen LogP contribution in [-0.2, 0) is 11.2 Å². The number of amides is 2. The zero-order valence-electron chi connectivity index (χ0n) is 14.1. The van der Waals surface area contributed by atoms with Gasteiger partial charge in [-0.1, -0.05) is 12.1 Å². The van der Waals surface area contributed by atoms with Crippen LogP contribution in [0.15, 0.2) is 24.3 Å². The van der Waals surface area contributed by atoms with Crippen molar-refractivity contribution in [2.24, 2.45) is 0 Å². The van der Waals surface area contributed by atoms with Gasteiger partial charge in [0.1, 0.15) is 0 Å². The van der Waals surface area contributed by atoms with Crippen molar-refractivity contribution in [3.8, 4) is 0 Å². The van der Waals surface area contributed by atoms with E-state index in [4.69, 9.17) is 0 Å². The topological polar surface area (TPSA) is 69.6 Å². The Morgan fingerprint density at radius 1 is 1.39 bits per heavy atom. The second-order valence-electron chi connectivity index (χ2n) is 6.68. The van der Waals surface area contributed by atoms with Gasteiger partial charge in [0.05, 0.1) is 11.6 Å². The van der Waals surface area contributed by atoms with Gasteiger partial charge in [-0.15, -0.1) is 0 Å². The average molecular weight is 318 g/mol. The molecule has 1 fully saturated rings. The molecule has 23 heavy (non-hydrogen) atoms. The molecule has 5 nitrogen and oxygen atoms in total. The number of nitrogens with zero attached hydrogens (tertiary/aromatic N) is 1. The van der Waals surface area contributed by atoms with Crippen molar-refractivity contribution in [3.05, 3.63) is 35.4 Å². The van der Waals surface area contributed by atoms with Crippen LogP contribution in [0.4, 0.5) is 0 Å². The number of rotatable bonds is 5. The van der Waals surface area contributed by atoms with E-state index in [1.54, 1.807) is 27.0 Å². The van der Waals surface area contributed by atoms with Gasteiger partial charge in [0.15, 0.2) is 0 Å². The van der Waals surface area contributed by atoms with Crippen molar-refractivity contribution >= 4 is 11.8 Å². The zero-order valence-corrected chi connectivity index (χ0v) is 14.1. The van der Waals surface area contributed by atoms with Crippen molar-refractivity contribution in [2.75, 3.05) is 13.6 Å². The zero-order chi connectivity index (χ0) is 17.0. The summed E-state index contributed by atoms with van der Waals surface area (Å²) in [5.74, 6) is -0.0558. The number of carbonyl (C=O) groups excluding carboxylic acids is 2. The molecule has 0 saturated carbocycles. The number of aryl methyl sites for hydroxylation is 1. The molecule has 1 unspecified atom stereocenters. The SMILES string of the molecule is CNC(=O)c1cccc(CCC(=O)N2CCCC2C(C)(C)O)c1. The average Bonchev–Trinajstić information content (AvgIpc) is 3.02. The van der Waals surface area contributed by atoms with E-state index in [-0.39, 0.29) is 17.9 Å². The van der Waals surface area contributed by atoms with Crippen molar-refractivity contribution in [1.82, 2.24) is 10.2 Å². The minimum atomic E-state index is -0.870. The molecule has 126 valence electrons. The molecule has 0 radical (unpaired) electrons. The van der Waals surface area contributed by atoms with Gasteiger partial charge in [0, 0.05) is 25.6 Å². The lowest BCUT2D eigenvalue weighted by molar-refractivity contribution is -0.136. The Kier molecular flexibility index (Phi) is 5.42. The molecular formula is C18H26N2O3. The van der Waals surface area contributed by atoms with Crippen LogP contribution < -0.4 is 5.32 Å². The molecule has 1 saturated heterocycles. The number of nitrogens with one attached hydrogen (secondary N) is 1. The number of hydrogen-bond acceptors (Lipinski definition) is 3. The van der Waals surface area contributed by atoms with Crippen LogP contribution in [0.2, 0.25) is 0 Å². The Morgan fingerprint density at radius 3 is 2.78 bits per heavy atom. The third-order valence-corrected chi connectivity index (χ3v) is 4.43. The first kappa shape index (κ1) is 17.5. The van der Waals surface area contributed by atoms with E-state index in [1.165, 1.54) is 0 Å². The molecule has 0 spiro atoms. The second-order valence-corrected chi connectivity index (χ2v) is 6.68. The number of benzene rings is 1. The Balaban J connectivity index is 1.98. The summed E-state index contributed by atoms with van der Waals surface area (Å²) in [5, 5.41) is 12.8. The molecule has 1 aliphatic heterocycles. The summed E-state index contributed by atoms with van der Waals surface area (Å²) in [6.07, 6.45) is 2.77. The minimum absolute atomic E-state index is 0.0694. The molecule has 2 N–H and O–H groups in total. The molecule has 1 atom stereocenters. The summed E-state index contributed by atoms with van der Waals surface area (Å²) >= 11 is 0. The van der Waals surface area contributed by atoms with Crippen molar-refractivity contribution < 1.29 is 14.7 Å². The second kappa shape index (κ2) is 7.13. The summed E-state index contributed by atoms with van der Waals surface area (Å²) in [4.78, 5) is 25.9. The van der Waals surface area contributed by atoms with Crippen LogP contribution in [0.3, 0.4) is 0 Å². The third-order valence-electron chi connectivity index (χ3n) is 4.43. The molecule has 2 amide bonds. The summed E-state index contributed by atoms with van der Waals surface area (Å²) in [6, 6.07) is 7.24. The van der Waals surface area contributed by atoms with Gasteiger partial charge in [0.25, 0.3) is 5.91 Å². The first-order valence-electron chi connectivity index (χ1n) is 8.16. The van der Waals surface area contributed by atoms with Gasteiger partial charge in [-0.2, -0.15) is 0 Å². The van der Waals surface area contributed by atoms with Crippen LogP contribution in [0.25, 0.3) is 0 Å². The first-order chi connectivity index (χ1) is 10.8. The van der Waals surface area contributed by atoms with E-state index >= 15 is 0 Å². The third kappa shape index (κ3) is 4.32. The van der Waals surface area contributed by atoms with Crippen molar-refractivity contribution in [3.63, 3.8) is 0 Å². The standard InChI is InChI=1S/C18H26N2O3/c1-18(2,23)15-8-5-11-20(15)16(21)10-9-13-6-4-7-14(12-13)17(22)19-3/h4,6-7,12,15,23H,5,8-11H2,1-3H3,(H,19,22). The predicted molar refractivity (Wildman–Crippen MR) is 89.2 cm³/mol. The van der Waals surface area contributed by atoms with Gasteiger partial charge < -0.3 is 15.3 Å². The molecule has 0 aliphatic carbocycles. The lowest BCUT2D eigenvalue weighted by Crippen LogP contribution is -2.48. The molecule has 5 heteroatoms. The van der Waals surface area contributed by atoms with Crippen molar-refractivity contribution in [2.45, 2.75) is 51.2 Å². The number of carbonyl (C=O) groups is 2. The highest BCUT2D eigenvalue weighted by Gasteiger charge is 2.37. The summed E-state index contributed by atoms with van der Waals surface area (Å²) in [7, 11) is 1.60. The largest absolute Gasteiger partial charge is 0.388 e. The van der Waals surface area contributed by atoms with Crippen LogP contribution in [-0.4, -0.2) is 47.1 Å². The number of hydrogen-bond donors (Lipinski definition) is 2. The van der Waals surface area contributed by atoms with Gasteiger partial charge in [0.2, 0.25) is 5.91 Å². The molecule has 1 heterocycles. The Morgan fingerprint density at radius 2 is 2.13 bits per heavy atom. The Labute approximate surface area is 137 Å². The first-order valence-corrected chi connectivity index (χ1v) is 8.16. The van der Waals surface area contributed by atoms with Crippen LogP contribution in [0, 0.1) is 0 Å². The fourth-order valence-corrected chi connectivity index (χ4v) is 3.21. The van der Waals surface area contributed by atoms with E-state index < -0.39 is 5.60 Å². The fraction of sp³-hybridized carbons (Fsp3) is 0.556. The Hall–Kier alpha value is -1.88. The molecule has 0 aromatic heterocycles. The van der Waals surface area contributed by atoms with E-state index in [1.807, 2.05) is 23.1 Å². The Bertz CT molecular complexity index is 578. The molecule has 1 aromatic rings. The maximum absolute atomic E-state index is 12.5. The maximum Gasteiger partial charge on any atom is 0.251 e. The summed E-state index contributed by atoms with van der Waals surface area (Å²) in [5.41, 5.74) is 0.706. The monoisotopic (exact) mass is 318 g/mol. The maximum atomic E-state index is 12.5. The molecular weight excluding hydrogens is 292 g/mol. The highest BCUT2D eigenvalue weighted by molar-refractivity contribution is 5.94. The summed E-state index contributed by atoms with van der Waals surface area (Å²) < 4.78 is 0. The highest BCUT2D eigenvalue weighted by atomic mass is 16.3. The normalized spacial score (nSPS) is 18.1. The lowest BCUT2D eigenvalue weighted by atomic mass is 9.96. The molecule has 1 aliphatic rings. The van der Waals surface area contributed by atoms with Crippen LogP contribution in [0.1, 0.15) is 49.0 Å². The van der Waals surface area contributed by atoms with Gasteiger partial charge in [-0.05, 0) is 50.8 Å². The van der Waals surface area contributed by atoms with Crippen molar-refractivity contribution in [1.29, 1.82) is 0 Å². The molecule has 0 bridgehead atoms. The predicted octanol–water partition coefficient (Wildman–Crippen LogP) is 1.74. The van der Waals surface area contributed by atoms with Gasteiger partial charge in [-0.3, -0.25) is 9.59 Å². The lowest BCUT2D eigenvalue weighted by Gasteiger charge is -2.34. The number of likely N-dealkylation sites (tertiary alicyclic amines) is 1. The molecule has 2 rings (SSSR count). The summed E-state index contributed by atoms with van der Waals surface area (Å²) in [6.45, 7) is 4.23. The fourth-order valence-electron chi connectivity index (χ4n) is 3.21. The number of aliphatic hydroxyl groups is 1. The van der Waals surface area contributed by atoms with E-state index in [9.17, 15) is 14.7 Å². The van der Waals surface area contributed by atoms with Crippen LogP contribution >= 0.6 is 0 Å². The van der Waals surface area contributed by atoms with E-state index in [0.717, 1.165) is 18.4 Å². The highest BCUT2D eigenvalue weighted by Crippen LogP contribution is 2.27. The quantitative estimate of drug-likeness (QED) is 0.869. The van der Waals surface area contributed by atoms with E-state index in [0.29, 0.717) is 24.9 Å². The minimum Gasteiger partial charge on any atom is -0.388 e.